The molecule has 2 rings (SSSR count). The van der Waals surface area contributed by atoms with E-state index in [1.54, 1.807) is 12.2 Å². The number of carbonyl (C=O) groups is 2. The highest BCUT2D eigenvalue weighted by Gasteiger charge is 2.27. The lowest BCUT2D eigenvalue weighted by Crippen LogP contribution is -2.24. The lowest BCUT2D eigenvalue weighted by molar-refractivity contribution is -0.138. The zero-order valence-corrected chi connectivity index (χ0v) is 39.5. The van der Waals surface area contributed by atoms with Gasteiger partial charge in [-0.1, -0.05) is 117 Å². The Morgan fingerprint density at radius 3 is 1.31 bits per heavy atom. The minimum atomic E-state index is -0.288. The van der Waals surface area contributed by atoms with Gasteiger partial charge in [0.15, 0.2) is 0 Å². The Morgan fingerprint density at radius 1 is 0.559 bits per heavy atom. The fourth-order valence-corrected chi connectivity index (χ4v) is 7.99. The molecule has 0 bridgehead atoms. The molecule has 0 aliphatic heterocycles. The molecule has 0 atom stereocenters. The van der Waals surface area contributed by atoms with Gasteiger partial charge in [-0.2, -0.15) is 0 Å². The third-order valence-corrected chi connectivity index (χ3v) is 11.7. The molecule has 2 aliphatic rings. The molecule has 59 heavy (non-hydrogen) atoms. The van der Waals surface area contributed by atoms with Crippen LogP contribution in [0.2, 0.25) is 0 Å². The first-order chi connectivity index (χ1) is 27.9. The van der Waals surface area contributed by atoms with Crippen LogP contribution >= 0.6 is 0 Å². The monoisotopic (exact) mass is 811 g/mol. The van der Waals surface area contributed by atoms with Crippen LogP contribution in [-0.4, -0.2) is 75.2 Å². The van der Waals surface area contributed by atoms with Crippen molar-refractivity contribution in [1.82, 2.24) is 9.80 Å². The largest absolute Gasteiger partial charge is 0.462 e. The topological polar surface area (TPSA) is 59.1 Å². The molecular weight excluding hydrogens is 729 g/mol. The summed E-state index contributed by atoms with van der Waals surface area (Å²) in [5.41, 5.74) is 10.5. The number of carbonyl (C=O) groups excluding carboxylic acids is 2. The highest BCUT2D eigenvalue weighted by molar-refractivity contribution is 5.83. The van der Waals surface area contributed by atoms with Gasteiger partial charge in [0, 0.05) is 25.2 Å². The molecule has 0 aromatic rings. The fraction of sp³-hybridized carbons (Fsp3) is 0.585. The van der Waals surface area contributed by atoms with Crippen LogP contribution in [0.3, 0.4) is 0 Å². The minimum Gasteiger partial charge on any atom is -0.462 e. The molecule has 0 saturated carbocycles. The summed E-state index contributed by atoms with van der Waals surface area (Å²) >= 11 is 0. The second kappa shape index (κ2) is 27.2. The number of esters is 2. The molecule has 2 aliphatic carbocycles. The van der Waals surface area contributed by atoms with Gasteiger partial charge >= 0.3 is 11.9 Å². The molecule has 0 aromatic carbocycles. The third-order valence-electron chi connectivity index (χ3n) is 11.7. The maximum atomic E-state index is 12.3. The number of hydrogen-bond acceptors (Lipinski definition) is 6. The lowest BCUT2D eigenvalue weighted by Gasteiger charge is -2.33. The maximum Gasteiger partial charge on any atom is 0.331 e. The summed E-state index contributed by atoms with van der Waals surface area (Å²) in [4.78, 5) is 29.3. The number of allylic oxidation sites excluding steroid dienone is 18. The number of ether oxygens (including phenoxy) is 2. The quantitative estimate of drug-likeness (QED) is 0.0419. The van der Waals surface area contributed by atoms with Crippen LogP contribution < -0.4 is 0 Å². The van der Waals surface area contributed by atoms with Crippen molar-refractivity contribution in [3.05, 3.63) is 117 Å². The Bertz CT molecular complexity index is 1550. The standard InChI is InChI=1S/C53H82N2O4/c1-42(28-30-48-46(5)26-18-32-52(48,7)8)22-16-24-44(3)40-50(56)58-38-20-36-54(11)34-14-13-15-35-55(12)37-21-39-59-51(57)41-45(4)25-17-23-43(2)29-31-49-47(6)27-19-33-53(49,9)10/h16-17,22-25,28-31,40-41H,13-15,18-21,26-27,32-39H2,1-12H3/b24-16+,25-17+,30-28+,31-29+,42-22+,43-23+,44-40+,45-41+. The van der Waals surface area contributed by atoms with Crippen molar-refractivity contribution in [2.45, 2.75) is 140 Å². The van der Waals surface area contributed by atoms with E-state index in [1.165, 1.54) is 72.0 Å². The molecule has 6 heteroatoms. The molecule has 0 heterocycles. The predicted octanol–water partition coefficient (Wildman–Crippen LogP) is 13.0. The van der Waals surface area contributed by atoms with Gasteiger partial charge in [-0.25, -0.2) is 9.59 Å². The Hall–Kier alpha value is -3.74. The van der Waals surface area contributed by atoms with Crippen molar-refractivity contribution in [1.29, 1.82) is 0 Å². The van der Waals surface area contributed by atoms with Crippen LogP contribution in [0.1, 0.15) is 140 Å². The Labute approximate surface area is 361 Å². The summed E-state index contributed by atoms with van der Waals surface area (Å²) in [6.07, 6.45) is 36.6. The van der Waals surface area contributed by atoms with Crippen LogP contribution in [0.5, 0.6) is 0 Å². The smallest absolute Gasteiger partial charge is 0.331 e. The van der Waals surface area contributed by atoms with Crippen molar-refractivity contribution in [3.8, 4) is 0 Å². The fourth-order valence-electron chi connectivity index (χ4n) is 7.99. The molecule has 0 N–H and O–H groups in total. The molecule has 6 nitrogen and oxygen atoms in total. The SMILES string of the molecule is CC1=C(/C=C/C(C)=C/C=C/C(C)=C/C(=O)OCCCN(C)CCCCCN(C)CCCOC(=O)/C=C(C)/C=C/C=C(C)/C=C/C2=C(C)CCCC2(C)C)C(C)(C)CCC1. The van der Waals surface area contributed by atoms with Gasteiger partial charge in [-0.15, -0.1) is 0 Å². The van der Waals surface area contributed by atoms with Crippen LogP contribution in [0.15, 0.2) is 117 Å². The summed E-state index contributed by atoms with van der Waals surface area (Å²) < 4.78 is 10.9. The predicted molar refractivity (Wildman–Crippen MR) is 252 cm³/mol. The van der Waals surface area contributed by atoms with Crippen LogP contribution in [0, 0.1) is 10.8 Å². The van der Waals surface area contributed by atoms with E-state index in [0.29, 0.717) is 13.2 Å². The number of unbranched alkanes of at least 4 members (excludes halogenated alkanes) is 2. The van der Waals surface area contributed by atoms with Gasteiger partial charge in [-0.05, 0) is 166 Å². The third kappa shape index (κ3) is 21.9. The van der Waals surface area contributed by atoms with Gasteiger partial charge in [0.1, 0.15) is 0 Å². The Kier molecular flexibility index (Phi) is 23.7. The highest BCUT2D eigenvalue weighted by Crippen LogP contribution is 2.41. The average molecular weight is 811 g/mol. The van der Waals surface area contributed by atoms with Crippen molar-refractivity contribution in [2.75, 3.05) is 53.5 Å². The van der Waals surface area contributed by atoms with E-state index < -0.39 is 0 Å². The summed E-state index contributed by atoms with van der Waals surface area (Å²) in [7, 11) is 4.26. The van der Waals surface area contributed by atoms with E-state index >= 15 is 0 Å². The average Bonchev–Trinajstić information content (AvgIpc) is 3.14. The van der Waals surface area contributed by atoms with E-state index in [1.807, 2.05) is 38.2 Å². The normalized spacial score (nSPS) is 18.5. The van der Waals surface area contributed by atoms with Gasteiger partial charge in [0.25, 0.3) is 0 Å². The van der Waals surface area contributed by atoms with Crippen molar-refractivity contribution in [2.24, 2.45) is 10.8 Å². The zero-order chi connectivity index (χ0) is 43.8. The first-order valence-corrected chi connectivity index (χ1v) is 22.4. The number of nitrogens with zero attached hydrogens (tertiary/aromatic N) is 2. The van der Waals surface area contributed by atoms with Crippen molar-refractivity contribution in [3.63, 3.8) is 0 Å². The van der Waals surface area contributed by atoms with E-state index in [4.69, 9.17) is 9.47 Å². The minimum absolute atomic E-state index is 0.239. The second-order valence-corrected chi connectivity index (χ2v) is 18.6. The summed E-state index contributed by atoms with van der Waals surface area (Å²) in [6, 6.07) is 0. The summed E-state index contributed by atoms with van der Waals surface area (Å²) in [5.74, 6) is -0.576. The van der Waals surface area contributed by atoms with E-state index in [9.17, 15) is 9.59 Å². The first-order valence-electron chi connectivity index (χ1n) is 22.4. The maximum absolute atomic E-state index is 12.3. The van der Waals surface area contributed by atoms with Crippen molar-refractivity contribution >= 4 is 11.9 Å². The summed E-state index contributed by atoms with van der Waals surface area (Å²) in [6.45, 7) is 26.6. The molecule has 0 saturated heterocycles. The number of rotatable bonds is 24. The van der Waals surface area contributed by atoms with Gasteiger partial charge < -0.3 is 19.3 Å². The molecule has 0 unspecified atom stereocenters. The number of hydrogen-bond donors (Lipinski definition) is 0. The van der Waals surface area contributed by atoms with E-state index in [0.717, 1.165) is 69.4 Å². The molecule has 328 valence electrons. The molecule has 0 fully saturated rings. The highest BCUT2D eigenvalue weighted by atomic mass is 16.5. The molecule has 0 aromatic heterocycles. The van der Waals surface area contributed by atoms with Crippen LogP contribution in [0.4, 0.5) is 0 Å². The molecule has 0 amide bonds. The lowest BCUT2D eigenvalue weighted by atomic mass is 9.72. The van der Waals surface area contributed by atoms with E-state index in [-0.39, 0.29) is 22.8 Å². The molecule has 0 radical (unpaired) electrons. The first kappa shape index (κ1) is 51.4. The second-order valence-electron chi connectivity index (χ2n) is 18.6. The van der Waals surface area contributed by atoms with E-state index in [2.05, 4.69) is 116 Å². The Morgan fingerprint density at radius 2 is 0.932 bits per heavy atom. The summed E-state index contributed by atoms with van der Waals surface area (Å²) in [5, 5.41) is 0. The molecule has 0 spiro atoms. The Balaban J connectivity index is 1.53. The van der Waals surface area contributed by atoms with Crippen molar-refractivity contribution < 1.29 is 19.1 Å². The van der Waals surface area contributed by atoms with Gasteiger partial charge in [0.05, 0.1) is 13.2 Å². The zero-order valence-electron chi connectivity index (χ0n) is 39.5. The van der Waals surface area contributed by atoms with Crippen LogP contribution in [0.25, 0.3) is 0 Å². The van der Waals surface area contributed by atoms with Gasteiger partial charge in [0.2, 0.25) is 0 Å². The molecular formula is C53H82N2O4. The van der Waals surface area contributed by atoms with Crippen LogP contribution in [-0.2, 0) is 19.1 Å². The van der Waals surface area contributed by atoms with Gasteiger partial charge in [-0.3, -0.25) is 0 Å².